The molecule has 0 amide bonds. The van der Waals surface area contributed by atoms with Crippen molar-refractivity contribution in [2.24, 2.45) is 7.05 Å². The van der Waals surface area contributed by atoms with Gasteiger partial charge in [-0.3, -0.25) is 10.1 Å². The Kier molecular flexibility index (Phi) is 3.78. The van der Waals surface area contributed by atoms with E-state index in [9.17, 15) is 4.79 Å². The van der Waals surface area contributed by atoms with Crippen molar-refractivity contribution in [3.8, 4) is 0 Å². The number of methoxy groups -OCH3 is 1. The lowest BCUT2D eigenvalue weighted by Gasteiger charge is -2.15. The fourth-order valence-electron chi connectivity index (χ4n) is 1.69. The van der Waals surface area contributed by atoms with Crippen LogP contribution in [0.15, 0.2) is 35.2 Å². The fraction of sp³-hybridized carbons (Fsp3) is 0.333. The second-order valence-corrected chi connectivity index (χ2v) is 3.80. The zero-order valence-electron chi connectivity index (χ0n) is 10.3. The molecule has 0 spiro atoms. The third-order valence-electron chi connectivity index (χ3n) is 2.62. The average molecular weight is 249 g/mol. The van der Waals surface area contributed by atoms with Crippen LogP contribution in [0.3, 0.4) is 0 Å². The van der Waals surface area contributed by atoms with Crippen molar-refractivity contribution in [2.75, 3.05) is 13.7 Å². The Morgan fingerprint density at radius 3 is 3.06 bits per heavy atom. The van der Waals surface area contributed by atoms with Crippen molar-refractivity contribution >= 4 is 5.97 Å². The Hall–Kier alpha value is -2.08. The number of carbonyl (C=O) groups is 1. The van der Waals surface area contributed by atoms with Gasteiger partial charge in [0.15, 0.2) is 0 Å². The molecule has 0 aliphatic rings. The van der Waals surface area contributed by atoms with Crippen LogP contribution < -0.4 is 5.32 Å². The monoisotopic (exact) mass is 249 g/mol. The minimum atomic E-state index is -0.333. The zero-order chi connectivity index (χ0) is 13.0. The van der Waals surface area contributed by atoms with Crippen LogP contribution in [0, 0.1) is 0 Å². The van der Waals surface area contributed by atoms with Crippen LogP contribution in [0.25, 0.3) is 0 Å². The van der Waals surface area contributed by atoms with Crippen LogP contribution in [-0.4, -0.2) is 29.2 Å². The number of rotatable bonds is 5. The molecular formula is C12H15N3O3. The summed E-state index contributed by atoms with van der Waals surface area (Å²) in [4.78, 5) is 15.5. The molecule has 0 saturated carbocycles. The van der Waals surface area contributed by atoms with Crippen molar-refractivity contribution in [3.63, 3.8) is 0 Å². The molecule has 1 N–H and O–H groups in total. The zero-order valence-corrected chi connectivity index (χ0v) is 10.3. The van der Waals surface area contributed by atoms with E-state index in [4.69, 9.17) is 4.42 Å². The van der Waals surface area contributed by atoms with Gasteiger partial charge in [-0.25, -0.2) is 4.98 Å². The summed E-state index contributed by atoms with van der Waals surface area (Å²) in [6.07, 6.45) is 5.13. The molecule has 0 aromatic carbocycles. The Morgan fingerprint density at radius 2 is 2.50 bits per heavy atom. The van der Waals surface area contributed by atoms with E-state index in [1.54, 1.807) is 18.5 Å². The highest BCUT2D eigenvalue weighted by molar-refractivity contribution is 5.71. The Morgan fingerprint density at radius 1 is 1.67 bits per heavy atom. The van der Waals surface area contributed by atoms with Gasteiger partial charge in [0.25, 0.3) is 0 Å². The molecule has 0 aliphatic heterocycles. The number of esters is 1. The van der Waals surface area contributed by atoms with Gasteiger partial charge in [0.1, 0.15) is 17.6 Å². The van der Waals surface area contributed by atoms with Gasteiger partial charge in [-0.1, -0.05) is 0 Å². The van der Waals surface area contributed by atoms with Gasteiger partial charge in [-0.05, 0) is 12.1 Å². The minimum absolute atomic E-state index is 0.0920. The lowest BCUT2D eigenvalue weighted by atomic mass is 10.2. The first-order chi connectivity index (χ1) is 8.72. The first-order valence-corrected chi connectivity index (χ1v) is 5.53. The number of ether oxygens (including phenoxy) is 1. The molecule has 1 atom stereocenters. The highest BCUT2D eigenvalue weighted by Crippen LogP contribution is 2.20. The highest BCUT2D eigenvalue weighted by Gasteiger charge is 2.21. The van der Waals surface area contributed by atoms with Gasteiger partial charge in [0.05, 0.1) is 19.9 Å². The molecule has 6 heteroatoms. The standard InChI is InChI=1S/C12H15N3O3/c1-15-6-5-13-12(15)11(9-4-3-7-18-9)14-8-10(16)17-2/h3-7,11,14H,8H2,1-2H3. The van der Waals surface area contributed by atoms with Crippen LogP contribution in [0.1, 0.15) is 17.6 Å². The van der Waals surface area contributed by atoms with Gasteiger partial charge in [0, 0.05) is 19.4 Å². The van der Waals surface area contributed by atoms with Crippen molar-refractivity contribution in [3.05, 3.63) is 42.4 Å². The summed E-state index contributed by atoms with van der Waals surface area (Å²) < 4.78 is 11.9. The number of hydrogen-bond acceptors (Lipinski definition) is 5. The molecule has 0 fully saturated rings. The lowest BCUT2D eigenvalue weighted by molar-refractivity contribution is -0.139. The SMILES string of the molecule is COC(=O)CNC(c1ccco1)c1nccn1C. The largest absolute Gasteiger partial charge is 0.468 e. The molecule has 2 rings (SSSR count). The summed E-state index contributed by atoms with van der Waals surface area (Å²) in [6, 6.07) is 3.36. The molecule has 6 nitrogen and oxygen atoms in total. The number of imidazole rings is 1. The molecule has 2 heterocycles. The number of aromatic nitrogens is 2. The summed E-state index contributed by atoms with van der Waals surface area (Å²) in [5.41, 5.74) is 0. The number of furan rings is 1. The van der Waals surface area contributed by atoms with E-state index < -0.39 is 0 Å². The molecule has 0 radical (unpaired) electrons. The fourth-order valence-corrected chi connectivity index (χ4v) is 1.69. The number of nitrogens with one attached hydrogen (secondary N) is 1. The van der Waals surface area contributed by atoms with Gasteiger partial charge in [-0.15, -0.1) is 0 Å². The first kappa shape index (κ1) is 12.4. The molecular weight excluding hydrogens is 234 g/mol. The van der Waals surface area contributed by atoms with E-state index in [-0.39, 0.29) is 18.6 Å². The second kappa shape index (κ2) is 5.50. The maximum atomic E-state index is 11.2. The van der Waals surface area contributed by atoms with Gasteiger partial charge >= 0.3 is 5.97 Å². The minimum Gasteiger partial charge on any atom is -0.468 e. The van der Waals surface area contributed by atoms with Crippen LogP contribution in [0.4, 0.5) is 0 Å². The number of carbonyl (C=O) groups excluding carboxylic acids is 1. The molecule has 0 aliphatic carbocycles. The van der Waals surface area contributed by atoms with Crippen LogP contribution in [0.5, 0.6) is 0 Å². The Labute approximate surface area is 105 Å². The predicted octanol–water partition coefficient (Wildman–Crippen LogP) is 0.865. The summed E-state index contributed by atoms with van der Waals surface area (Å²) in [5.74, 6) is 1.14. The maximum absolute atomic E-state index is 11.2. The third kappa shape index (κ3) is 2.60. The van der Waals surface area contributed by atoms with Gasteiger partial charge in [0.2, 0.25) is 0 Å². The Bertz CT molecular complexity index is 504. The van der Waals surface area contributed by atoms with E-state index in [2.05, 4.69) is 15.0 Å². The molecule has 0 bridgehead atoms. The maximum Gasteiger partial charge on any atom is 0.319 e. The van der Waals surface area contributed by atoms with Crippen molar-refractivity contribution < 1.29 is 13.9 Å². The molecule has 2 aromatic rings. The van der Waals surface area contributed by atoms with E-state index in [1.807, 2.05) is 23.9 Å². The van der Waals surface area contributed by atoms with Crippen molar-refractivity contribution in [1.29, 1.82) is 0 Å². The van der Waals surface area contributed by atoms with Gasteiger partial charge in [-0.2, -0.15) is 0 Å². The molecule has 2 aromatic heterocycles. The van der Waals surface area contributed by atoms with Crippen LogP contribution >= 0.6 is 0 Å². The van der Waals surface area contributed by atoms with Crippen molar-refractivity contribution in [2.45, 2.75) is 6.04 Å². The van der Waals surface area contributed by atoms with E-state index in [0.717, 1.165) is 5.82 Å². The molecule has 96 valence electrons. The normalized spacial score (nSPS) is 12.3. The van der Waals surface area contributed by atoms with Gasteiger partial charge < -0.3 is 13.7 Å². The topological polar surface area (TPSA) is 69.3 Å². The number of nitrogens with zero attached hydrogens (tertiary/aromatic N) is 2. The highest BCUT2D eigenvalue weighted by atomic mass is 16.5. The van der Waals surface area contributed by atoms with Crippen LogP contribution in [0.2, 0.25) is 0 Å². The summed E-state index contributed by atoms with van der Waals surface area (Å²) >= 11 is 0. The van der Waals surface area contributed by atoms with E-state index in [1.165, 1.54) is 7.11 Å². The smallest absolute Gasteiger partial charge is 0.319 e. The molecule has 1 unspecified atom stereocenters. The summed E-state index contributed by atoms with van der Waals surface area (Å²) in [6.45, 7) is 0.0920. The number of hydrogen-bond donors (Lipinski definition) is 1. The van der Waals surface area contributed by atoms with E-state index in [0.29, 0.717) is 5.76 Å². The second-order valence-electron chi connectivity index (χ2n) is 3.80. The molecule has 0 saturated heterocycles. The lowest BCUT2D eigenvalue weighted by Crippen LogP contribution is -2.30. The quantitative estimate of drug-likeness (QED) is 0.796. The summed E-state index contributed by atoms with van der Waals surface area (Å²) in [7, 11) is 3.24. The number of aryl methyl sites for hydroxylation is 1. The summed E-state index contributed by atoms with van der Waals surface area (Å²) in [5, 5.41) is 3.06. The third-order valence-corrected chi connectivity index (χ3v) is 2.62. The Balaban J connectivity index is 2.19. The van der Waals surface area contributed by atoms with E-state index >= 15 is 0 Å². The average Bonchev–Trinajstić information content (AvgIpc) is 3.02. The molecule has 18 heavy (non-hydrogen) atoms. The van der Waals surface area contributed by atoms with Crippen LogP contribution in [-0.2, 0) is 16.6 Å². The predicted molar refractivity (Wildman–Crippen MR) is 63.8 cm³/mol. The first-order valence-electron chi connectivity index (χ1n) is 5.53. The van der Waals surface area contributed by atoms with Crippen molar-refractivity contribution in [1.82, 2.24) is 14.9 Å².